The van der Waals surface area contributed by atoms with Gasteiger partial charge in [0.25, 0.3) is 0 Å². The van der Waals surface area contributed by atoms with Gasteiger partial charge < -0.3 is 14.2 Å². The van der Waals surface area contributed by atoms with Crippen molar-refractivity contribution in [1.82, 2.24) is 0 Å². The molecule has 0 rings (SSSR count). The number of halogens is 1. The predicted molar refractivity (Wildman–Crippen MR) is 51.3 cm³/mol. The molecule has 0 bridgehead atoms. The monoisotopic (exact) mass is 212 g/mol. The molecule has 0 aliphatic heterocycles. The molecule has 0 radical (unpaired) electrons. The molecule has 5 heteroatoms. The van der Waals surface area contributed by atoms with Gasteiger partial charge in [-0.3, -0.25) is 0 Å². The minimum Gasteiger partial charge on any atom is -0.434 e. The second-order valence-corrected chi connectivity index (χ2v) is 2.29. The molecule has 0 saturated heterocycles. The molecule has 13 heavy (non-hydrogen) atoms. The molecule has 0 aromatic heterocycles. The lowest BCUT2D eigenvalue weighted by atomic mass is 10.4. The van der Waals surface area contributed by atoms with E-state index in [9.17, 15) is 4.79 Å². The Morgan fingerprint density at radius 2 is 1.77 bits per heavy atom. The van der Waals surface area contributed by atoms with Crippen molar-refractivity contribution < 1.29 is 19.0 Å². The Bertz CT molecular complexity index is 107. The Morgan fingerprint density at radius 3 is 2.31 bits per heavy atom. The van der Waals surface area contributed by atoms with Crippen LogP contribution in [0, 0.1) is 0 Å². The summed E-state index contributed by atoms with van der Waals surface area (Å²) in [7, 11) is 1.55. The molecule has 0 atom stereocenters. The summed E-state index contributed by atoms with van der Waals surface area (Å²) in [5.41, 5.74) is 0. The standard InChI is InChI=1S/C8H16O4.ClH/c1-3-4-5-11-8(9)12-7-6-10-2;/h3-7H2,1-2H3;1H. The molecule has 0 N–H and O–H groups in total. The topological polar surface area (TPSA) is 44.8 Å². The molecular formula is C8H17ClO4. The molecule has 0 amide bonds. The molecule has 0 unspecified atom stereocenters. The summed E-state index contributed by atoms with van der Waals surface area (Å²) in [5, 5.41) is 0. The summed E-state index contributed by atoms with van der Waals surface area (Å²) >= 11 is 0. The Morgan fingerprint density at radius 1 is 1.15 bits per heavy atom. The van der Waals surface area contributed by atoms with Crippen LogP contribution in [-0.4, -0.2) is 33.1 Å². The van der Waals surface area contributed by atoms with Gasteiger partial charge in [-0.1, -0.05) is 13.3 Å². The van der Waals surface area contributed by atoms with E-state index < -0.39 is 6.16 Å². The number of ether oxygens (including phenoxy) is 3. The minimum absolute atomic E-state index is 0. The molecule has 0 aromatic carbocycles. The van der Waals surface area contributed by atoms with E-state index >= 15 is 0 Å². The van der Waals surface area contributed by atoms with Crippen molar-refractivity contribution in [3.05, 3.63) is 0 Å². The fraction of sp³-hybridized carbons (Fsp3) is 0.875. The van der Waals surface area contributed by atoms with Crippen LogP contribution >= 0.6 is 12.4 Å². The van der Waals surface area contributed by atoms with E-state index in [1.54, 1.807) is 7.11 Å². The number of rotatable bonds is 6. The first kappa shape index (κ1) is 15.0. The van der Waals surface area contributed by atoms with E-state index in [0.29, 0.717) is 13.2 Å². The highest BCUT2D eigenvalue weighted by Crippen LogP contribution is 1.91. The predicted octanol–water partition coefficient (Wildman–Crippen LogP) is 2.01. The van der Waals surface area contributed by atoms with Crippen LogP contribution in [0.1, 0.15) is 19.8 Å². The van der Waals surface area contributed by atoms with Crippen molar-refractivity contribution in [3.8, 4) is 0 Å². The van der Waals surface area contributed by atoms with Gasteiger partial charge in [-0.25, -0.2) is 4.79 Å². The SMILES string of the molecule is CCCCOC(=O)OCCOC.Cl. The molecule has 0 fully saturated rings. The lowest BCUT2D eigenvalue weighted by Gasteiger charge is -2.04. The van der Waals surface area contributed by atoms with Crippen LogP contribution in [0.3, 0.4) is 0 Å². The molecule has 0 saturated carbocycles. The summed E-state index contributed by atoms with van der Waals surface area (Å²) in [6, 6.07) is 0. The van der Waals surface area contributed by atoms with Crippen molar-refractivity contribution in [3.63, 3.8) is 0 Å². The Labute approximate surface area is 84.9 Å². The van der Waals surface area contributed by atoms with E-state index in [-0.39, 0.29) is 19.0 Å². The summed E-state index contributed by atoms with van der Waals surface area (Å²) in [6.45, 7) is 3.12. The number of unbranched alkanes of at least 4 members (excludes halogenated alkanes) is 1. The first-order valence-electron chi connectivity index (χ1n) is 4.09. The maximum atomic E-state index is 10.7. The minimum atomic E-state index is -0.611. The number of carbonyl (C=O) groups is 1. The van der Waals surface area contributed by atoms with Crippen LogP contribution in [0.2, 0.25) is 0 Å². The summed E-state index contributed by atoms with van der Waals surface area (Å²) in [4.78, 5) is 10.7. The molecule has 0 aromatic rings. The summed E-state index contributed by atoms with van der Waals surface area (Å²) < 4.78 is 14.0. The third kappa shape index (κ3) is 11.5. The maximum absolute atomic E-state index is 10.7. The maximum Gasteiger partial charge on any atom is 0.508 e. The number of hydrogen-bond donors (Lipinski definition) is 0. The summed E-state index contributed by atoms with van der Waals surface area (Å²) in [5.74, 6) is 0. The fourth-order valence-corrected chi connectivity index (χ4v) is 0.550. The highest BCUT2D eigenvalue weighted by molar-refractivity contribution is 5.85. The van der Waals surface area contributed by atoms with Crippen molar-refractivity contribution in [2.24, 2.45) is 0 Å². The highest BCUT2D eigenvalue weighted by Gasteiger charge is 2.01. The third-order valence-electron chi connectivity index (χ3n) is 1.23. The first-order valence-corrected chi connectivity index (χ1v) is 4.09. The molecule has 0 aliphatic rings. The van der Waals surface area contributed by atoms with Gasteiger partial charge in [0, 0.05) is 7.11 Å². The zero-order valence-corrected chi connectivity index (χ0v) is 8.89. The average molecular weight is 213 g/mol. The van der Waals surface area contributed by atoms with Crippen LogP contribution in [0.4, 0.5) is 4.79 Å². The van der Waals surface area contributed by atoms with Crippen LogP contribution < -0.4 is 0 Å². The quantitative estimate of drug-likeness (QED) is 0.499. The number of carbonyl (C=O) groups excluding carboxylic acids is 1. The molecule has 0 spiro atoms. The number of methoxy groups -OCH3 is 1. The number of hydrogen-bond acceptors (Lipinski definition) is 4. The van der Waals surface area contributed by atoms with E-state index in [1.165, 1.54) is 0 Å². The Kier molecular flexibility index (Phi) is 13.3. The van der Waals surface area contributed by atoms with Gasteiger partial charge in [-0.15, -0.1) is 12.4 Å². The first-order chi connectivity index (χ1) is 5.81. The smallest absolute Gasteiger partial charge is 0.434 e. The van der Waals surface area contributed by atoms with Gasteiger partial charge in [0.2, 0.25) is 0 Å². The van der Waals surface area contributed by atoms with Crippen LogP contribution in [0.25, 0.3) is 0 Å². The average Bonchev–Trinajstić information content (AvgIpc) is 2.06. The zero-order valence-electron chi connectivity index (χ0n) is 8.08. The van der Waals surface area contributed by atoms with Crippen LogP contribution in [0.5, 0.6) is 0 Å². The Hall–Kier alpha value is -0.480. The van der Waals surface area contributed by atoms with E-state index in [0.717, 1.165) is 12.8 Å². The molecule has 80 valence electrons. The van der Waals surface area contributed by atoms with Crippen molar-refractivity contribution >= 4 is 18.6 Å². The largest absolute Gasteiger partial charge is 0.508 e. The van der Waals surface area contributed by atoms with E-state index in [4.69, 9.17) is 4.74 Å². The normalized spacial score (nSPS) is 8.77. The van der Waals surface area contributed by atoms with E-state index in [1.807, 2.05) is 6.92 Å². The molecule has 4 nitrogen and oxygen atoms in total. The van der Waals surface area contributed by atoms with Gasteiger partial charge in [0.1, 0.15) is 6.61 Å². The van der Waals surface area contributed by atoms with E-state index in [2.05, 4.69) is 9.47 Å². The molecule has 0 aliphatic carbocycles. The lowest BCUT2D eigenvalue weighted by molar-refractivity contribution is 0.0360. The van der Waals surface area contributed by atoms with Crippen LogP contribution in [0.15, 0.2) is 0 Å². The van der Waals surface area contributed by atoms with Crippen LogP contribution in [-0.2, 0) is 14.2 Å². The van der Waals surface area contributed by atoms with Crippen molar-refractivity contribution in [2.45, 2.75) is 19.8 Å². The Balaban J connectivity index is 0. The van der Waals surface area contributed by atoms with Gasteiger partial charge in [0.05, 0.1) is 13.2 Å². The van der Waals surface area contributed by atoms with Crippen molar-refractivity contribution in [2.75, 3.05) is 26.9 Å². The lowest BCUT2D eigenvalue weighted by Crippen LogP contribution is -2.11. The van der Waals surface area contributed by atoms with Gasteiger partial charge in [-0.2, -0.15) is 0 Å². The molecular weight excluding hydrogens is 196 g/mol. The van der Waals surface area contributed by atoms with Crippen molar-refractivity contribution in [1.29, 1.82) is 0 Å². The second kappa shape index (κ2) is 11.5. The summed E-state index contributed by atoms with van der Waals surface area (Å²) in [6.07, 6.45) is 1.27. The third-order valence-corrected chi connectivity index (χ3v) is 1.23. The van der Waals surface area contributed by atoms with Gasteiger partial charge >= 0.3 is 6.16 Å². The molecule has 0 heterocycles. The fourth-order valence-electron chi connectivity index (χ4n) is 0.550. The van der Waals surface area contributed by atoms with Gasteiger partial charge in [0.15, 0.2) is 0 Å². The van der Waals surface area contributed by atoms with Gasteiger partial charge in [-0.05, 0) is 6.42 Å². The highest BCUT2D eigenvalue weighted by atomic mass is 35.5. The zero-order chi connectivity index (χ0) is 9.23. The second-order valence-electron chi connectivity index (χ2n) is 2.29.